The molecule has 1 N–H and O–H groups in total. The molecular weight excluding hydrogens is 282 g/mol. The maximum Gasteiger partial charge on any atom is 0.220 e. The summed E-state index contributed by atoms with van der Waals surface area (Å²) in [6, 6.07) is 0.483. The van der Waals surface area contributed by atoms with Gasteiger partial charge in [0.1, 0.15) is 12.7 Å². The Hall–Kier alpha value is -1.47. The van der Waals surface area contributed by atoms with E-state index in [2.05, 4.69) is 20.3 Å². The Labute approximate surface area is 131 Å². The summed E-state index contributed by atoms with van der Waals surface area (Å²) < 4.78 is 7.36. The first-order valence-corrected chi connectivity index (χ1v) is 8.26. The van der Waals surface area contributed by atoms with Crippen LogP contribution in [0.2, 0.25) is 0 Å². The van der Waals surface area contributed by atoms with Gasteiger partial charge < -0.3 is 10.1 Å². The fourth-order valence-electron chi connectivity index (χ4n) is 3.32. The number of piperidine rings is 1. The summed E-state index contributed by atoms with van der Waals surface area (Å²) in [4.78, 5) is 18.5. The van der Waals surface area contributed by atoms with Crippen LogP contribution in [0.4, 0.5) is 0 Å². The summed E-state index contributed by atoms with van der Waals surface area (Å²) in [5, 5.41) is 7.19. The first-order valence-electron chi connectivity index (χ1n) is 8.26. The van der Waals surface area contributed by atoms with Crippen molar-refractivity contribution in [1.82, 2.24) is 25.0 Å². The van der Waals surface area contributed by atoms with Crippen molar-refractivity contribution >= 4 is 5.91 Å². The van der Waals surface area contributed by atoms with Crippen LogP contribution in [0.1, 0.15) is 32.1 Å². The highest BCUT2D eigenvalue weighted by atomic mass is 16.5. The number of aryl methyl sites for hydroxylation is 1. The van der Waals surface area contributed by atoms with Gasteiger partial charge in [-0.15, -0.1) is 0 Å². The average Bonchev–Trinajstić information content (AvgIpc) is 3.20. The molecule has 0 bridgehead atoms. The third-order valence-corrected chi connectivity index (χ3v) is 4.51. The molecule has 1 aromatic heterocycles. The predicted octanol–water partition coefficient (Wildman–Crippen LogP) is 0.428. The monoisotopic (exact) mass is 307 g/mol. The first-order chi connectivity index (χ1) is 10.8. The lowest BCUT2D eigenvalue weighted by Crippen LogP contribution is -2.52. The van der Waals surface area contributed by atoms with Crippen molar-refractivity contribution in [3.63, 3.8) is 0 Å². The van der Waals surface area contributed by atoms with Crippen molar-refractivity contribution in [1.29, 1.82) is 0 Å². The summed E-state index contributed by atoms with van der Waals surface area (Å²) >= 11 is 0. The summed E-state index contributed by atoms with van der Waals surface area (Å²) in [6.45, 7) is 4.36. The fourth-order valence-corrected chi connectivity index (χ4v) is 3.32. The largest absolute Gasteiger partial charge is 0.378 e. The number of hydrogen-bond donors (Lipinski definition) is 1. The SMILES string of the molecule is O=C(CCCn1cncn1)NC1COCC1N1CCCCC1. The maximum atomic E-state index is 12.1. The predicted molar refractivity (Wildman–Crippen MR) is 81.2 cm³/mol. The average molecular weight is 307 g/mol. The molecule has 2 unspecified atom stereocenters. The summed E-state index contributed by atoms with van der Waals surface area (Å²) in [5.74, 6) is 0.109. The molecule has 22 heavy (non-hydrogen) atoms. The molecule has 122 valence electrons. The van der Waals surface area contributed by atoms with Crippen LogP contribution in [-0.4, -0.2) is 64.0 Å². The van der Waals surface area contributed by atoms with Crippen LogP contribution < -0.4 is 5.32 Å². The van der Waals surface area contributed by atoms with Crippen LogP contribution >= 0.6 is 0 Å². The molecule has 0 saturated carbocycles. The van der Waals surface area contributed by atoms with E-state index in [0.29, 0.717) is 19.1 Å². The number of likely N-dealkylation sites (tertiary alicyclic amines) is 1. The number of nitrogens with one attached hydrogen (secondary N) is 1. The molecule has 7 heteroatoms. The zero-order valence-electron chi connectivity index (χ0n) is 13.0. The molecule has 7 nitrogen and oxygen atoms in total. The molecule has 1 amide bonds. The van der Waals surface area contributed by atoms with Gasteiger partial charge in [0.2, 0.25) is 5.91 Å². The van der Waals surface area contributed by atoms with Crippen LogP contribution in [0.5, 0.6) is 0 Å². The molecule has 0 aromatic carbocycles. The van der Waals surface area contributed by atoms with E-state index in [4.69, 9.17) is 4.74 Å². The minimum atomic E-state index is 0.109. The van der Waals surface area contributed by atoms with Gasteiger partial charge in [-0.2, -0.15) is 5.10 Å². The number of nitrogens with zero attached hydrogens (tertiary/aromatic N) is 4. The minimum Gasteiger partial charge on any atom is -0.378 e. The maximum absolute atomic E-state index is 12.1. The van der Waals surface area contributed by atoms with Crippen molar-refractivity contribution < 1.29 is 9.53 Å². The summed E-state index contributed by atoms with van der Waals surface area (Å²) in [6.07, 6.45) is 8.32. The highest BCUT2D eigenvalue weighted by Crippen LogP contribution is 2.19. The van der Waals surface area contributed by atoms with E-state index in [9.17, 15) is 4.79 Å². The third kappa shape index (κ3) is 4.04. The molecule has 1 aromatic rings. The van der Waals surface area contributed by atoms with Crippen LogP contribution in [-0.2, 0) is 16.1 Å². The van der Waals surface area contributed by atoms with Crippen molar-refractivity contribution in [3.8, 4) is 0 Å². The number of rotatable bonds is 6. The molecule has 2 aliphatic heterocycles. The number of carbonyl (C=O) groups is 1. The van der Waals surface area contributed by atoms with E-state index in [0.717, 1.165) is 32.7 Å². The Kier molecular flexibility index (Phi) is 5.39. The third-order valence-electron chi connectivity index (χ3n) is 4.51. The quantitative estimate of drug-likeness (QED) is 0.825. The van der Waals surface area contributed by atoms with E-state index < -0.39 is 0 Å². The van der Waals surface area contributed by atoms with Gasteiger partial charge in [0.05, 0.1) is 25.3 Å². The smallest absolute Gasteiger partial charge is 0.220 e. The van der Waals surface area contributed by atoms with Gasteiger partial charge in [-0.3, -0.25) is 14.4 Å². The molecule has 3 rings (SSSR count). The van der Waals surface area contributed by atoms with Crippen LogP contribution in [0.15, 0.2) is 12.7 Å². The topological polar surface area (TPSA) is 72.3 Å². The highest BCUT2D eigenvalue weighted by Gasteiger charge is 2.34. The lowest BCUT2D eigenvalue weighted by molar-refractivity contribution is -0.122. The van der Waals surface area contributed by atoms with Crippen molar-refractivity contribution in [3.05, 3.63) is 12.7 Å². The molecule has 2 aliphatic rings. The summed E-state index contributed by atoms with van der Waals surface area (Å²) in [5.41, 5.74) is 0. The zero-order chi connectivity index (χ0) is 15.2. The van der Waals surface area contributed by atoms with Crippen LogP contribution in [0, 0.1) is 0 Å². The number of amides is 1. The molecule has 2 fully saturated rings. The lowest BCUT2D eigenvalue weighted by atomic mass is 10.0. The lowest BCUT2D eigenvalue weighted by Gasteiger charge is -2.34. The van der Waals surface area contributed by atoms with Crippen molar-refractivity contribution in [2.45, 2.75) is 50.7 Å². The number of hydrogen-bond acceptors (Lipinski definition) is 5. The second-order valence-corrected chi connectivity index (χ2v) is 6.14. The molecule has 3 heterocycles. The molecule has 0 radical (unpaired) electrons. The van der Waals surface area contributed by atoms with Gasteiger partial charge >= 0.3 is 0 Å². The van der Waals surface area contributed by atoms with Gasteiger partial charge in [0.15, 0.2) is 0 Å². The van der Waals surface area contributed by atoms with Gasteiger partial charge in [-0.05, 0) is 32.4 Å². The van der Waals surface area contributed by atoms with E-state index in [1.807, 2.05) is 0 Å². The zero-order valence-corrected chi connectivity index (χ0v) is 13.0. The second-order valence-electron chi connectivity index (χ2n) is 6.14. The molecule has 2 atom stereocenters. The second kappa shape index (κ2) is 7.69. The normalized spacial score (nSPS) is 26.2. The van der Waals surface area contributed by atoms with E-state index in [1.165, 1.54) is 25.6 Å². The number of aromatic nitrogens is 3. The Morgan fingerprint density at radius 2 is 2.14 bits per heavy atom. The van der Waals surface area contributed by atoms with Crippen molar-refractivity contribution in [2.24, 2.45) is 0 Å². The Bertz CT molecular complexity index is 459. The Morgan fingerprint density at radius 1 is 1.27 bits per heavy atom. The van der Waals surface area contributed by atoms with Gasteiger partial charge in [-0.25, -0.2) is 4.98 Å². The first kappa shape index (κ1) is 15.4. The summed E-state index contributed by atoms with van der Waals surface area (Å²) in [7, 11) is 0. The molecule has 0 spiro atoms. The minimum absolute atomic E-state index is 0.109. The number of carbonyl (C=O) groups excluding carboxylic acids is 1. The Morgan fingerprint density at radius 3 is 2.91 bits per heavy atom. The van der Waals surface area contributed by atoms with Gasteiger partial charge in [0.25, 0.3) is 0 Å². The fraction of sp³-hybridized carbons (Fsp3) is 0.800. The Balaban J connectivity index is 1.41. The van der Waals surface area contributed by atoms with E-state index in [-0.39, 0.29) is 11.9 Å². The van der Waals surface area contributed by atoms with E-state index in [1.54, 1.807) is 11.0 Å². The molecule has 0 aliphatic carbocycles. The van der Waals surface area contributed by atoms with Crippen LogP contribution in [0.25, 0.3) is 0 Å². The van der Waals surface area contributed by atoms with Gasteiger partial charge in [0, 0.05) is 13.0 Å². The van der Waals surface area contributed by atoms with E-state index >= 15 is 0 Å². The highest BCUT2D eigenvalue weighted by molar-refractivity contribution is 5.76. The molecular formula is C15H25N5O2. The van der Waals surface area contributed by atoms with Crippen molar-refractivity contribution in [2.75, 3.05) is 26.3 Å². The van der Waals surface area contributed by atoms with Gasteiger partial charge in [-0.1, -0.05) is 6.42 Å². The molecule has 2 saturated heterocycles. The number of ether oxygens (including phenoxy) is 1. The standard InChI is InChI=1S/C15H25N5O2/c21-15(5-4-8-20-12-16-11-17-20)18-13-9-22-10-14(13)19-6-2-1-3-7-19/h11-14H,1-10H2,(H,18,21). The van der Waals surface area contributed by atoms with Crippen LogP contribution in [0.3, 0.4) is 0 Å².